The summed E-state index contributed by atoms with van der Waals surface area (Å²) in [6.45, 7) is 5.02. The van der Waals surface area contributed by atoms with Crippen molar-refractivity contribution in [1.82, 2.24) is 15.3 Å². The van der Waals surface area contributed by atoms with Crippen molar-refractivity contribution in [3.8, 4) is 11.4 Å². The highest BCUT2D eigenvalue weighted by Crippen LogP contribution is 2.27. The minimum Gasteiger partial charge on any atom is -0.308 e. The molecule has 20 heavy (non-hydrogen) atoms. The van der Waals surface area contributed by atoms with Gasteiger partial charge in [0.2, 0.25) is 0 Å². The number of aryl methyl sites for hydroxylation is 2. The van der Waals surface area contributed by atoms with Crippen LogP contribution in [0.25, 0.3) is 11.4 Å². The molecule has 1 aromatic heterocycles. The highest BCUT2D eigenvalue weighted by molar-refractivity contribution is 9.10. The molecule has 1 aromatic carbocycles. The van der Waals surface area contributed by atoms with Crippen molar-refractivity contribution in [2.45, 2.75) is 39.3 Å². The van der Waals surface area contributed by atoms with E-state index in [4.69, 9.17) is 0 Å². The summed E-state index contributed by atoms with van der Waals surface area (Å²) in [6, 6.07) is 6.94. The number of aromatic nitrogens is 2. The zero-order valence-corrected chi connectivity index (χ0v) is 13.4. The van der Waals surface area contributed by atoms with Crippen molar-refractivity contribution in [2.24, 2.45) is 0 Å². The maximum absolute atomic E-state index is 4.67. The molecule has 0 amide bonds. The summed E-state index contributed by atoms with van der Waals surface area (Å²) in [5, 5.41) is 3.49. The van der Waals surface area contributed by atoms with Crippen LogP contribution in [0, 0.1) is 13.8 Å². The second-order valence-corrected chi connectivity index (χ2v) is 6.24. The number of halogens is 1. The van der Waals surface area contributed by atoms with Crippen LogP contribution in [-0.2, 0) is 6.54 Å². The van der Waals surface area contributed by atoms with Gasteiger partial charge in [0.05, 0.1) is 5.69 Å². The van der Waals surface area contributed by atoms with Gasteiger partial charge in [-0.3, -0.25) is 0 Å². The van der Waals surface area contributed by atoms with Crippen molar-refractivity contribution in [3.63, 3.8) is 0 Å². The summed E-state index contributed by atoms with van der Waals surface area (Å²) >= 11 is 3.60. The van der Waals surface area contributed by atoms with Gasteiger partial charge in [0.15, 0.2) is 5.82 Å². The van der Waals surface area contributed by atoms with E-state index in [1.54, 1.807) is 0 Å². The van der Waals surface area contributed by atoms with E-state index in [0.29, 0.717) is 6.04 Å². The molecule has 0 aliphatic heterocycles. The lowest BCUT2D eigenvalue weighted by molar-refractivity contribution is 0.673. The van der Waals surface area contributed by atoms with Crippen molar-refractivity contribution >= 4 is 15.9 Å². The molecule has 0 bridgehead atoms. The molecule has 2 aromatic rings. The van der Waals surface area contributed by atoms with E-state index in [0.717, 1.165) is 28.1 Å². The van der Waals surface area contributed by atoms with Crippen LogP contribution in [0.4, 0.5) is 0 Å². The van der Waals surface area contributed by atoms with Crippen LogP contribution in [0.5, 0.6) is 0 Å². The smallest absolute Gasteiger partial charge is 0.159 e. The summed E-state index contributed by atoms with van der Waals surface area (Å²) < 4.78 is 1.16. The molecule has 1 N–H and O–H groups in total. The molecule has 1 aliphatic carbocycles. The largest absolute Gasteiger partial charge is 0.308 e. The van der Waals surface area contributed by atoms with Gasteiger partial charge in [-0.1, -0.05) is 15.9 Å². The SMILES string of the molecule is Cc1cc(-c2nccc(CNC3CC3)n2)cc(C)c1Br. The van der Waals surface area contributed by atoms with E-state index < -0.39 is 0 Å². The fraction of sp³-hybridized carbons (Fsp3) is 0.375. The Kier molecular flexibility index (Phi) is 3.85. The van der Waals surface area contributed by atoms with Crippen LogP contribution in [-0.4, -0.2) is 16.0 Å². The fourth-order valence-corrected chi connectivity index (χ4v) is 2.47. The van der Waals surface area contributed by atoms with E-state index in [1.165, 1.54) is 24.0 Å². The zero-order chi connectivity index (χ0) is 14.1. The predicted molar refractivity (Wildman–Crippen MR) is 84.5 cm³/mol. The molecule has 0 unspecified atom stereocenters. The van der Waals surface area contributed by atoms with Crippen LogP contribution in [0.3, 0.4) is 0 Å². The van der Waals surface area contributed by atoms with Gasteiger partial charge in [-0.05, 0) is 56.0 Å². The van der Waals surface area contributed by atoms with Crippen molar-refractivity contribution < 1.29 is 0 Å². The van der Waals surface area contributed by atoms with Crippen LogP contribution >= 0.6 is 15.9 Å². The normalized spacial score (nSPS) is 14.6. The van der Waals surface area contributed by atoms with E-state index in [-0.39, 0.29) is 0 Å². The standard InChI is InChI=1S/C16H18BrN3/c1-10-7-12(8-11(2)15(10)17)16-18-6-5-14(20-16)9-19-13-3-4-13/h5-8,13,19H,3-4,9H2,1-2H3. The quantitative estimate of drug-likeness (QED) is 0.926. The number of rotatable bonds is 4. The molecule has 1 saturated carbocycles. The molecule has 1 heterocycles. The Morgan fingerprint density at radius 3 is 2.60 bits per heavy atom. The molecule has 1 aliphatic rings. The second kappa shape index (κ2) is 5.62. The lowest BCUT2D eigenvalue weighted by atomic mass is 10.1. The van der Waals surface area contributed by atoms with Gasteiger partial charge in [-0.2, -0.15) is 0 Å². The number of benzene rings is 1. The number of nitrogens with one attached hydrogen (secondary N) is 1. The maximum atomic E-state index is 4.67. The van der Waals surface area contributed by atoms with Gasteiger partial charge in [-0.15, -0.1) is 0 Å². The summed E-state index contributed by atoms with van der Waals surface area (Å²) in [5.41, 5.74) is 4.56. The van der Waals surface area contributed by atoms with Crippen molar-refractivity contribution in [2.75, 3.05) is 0 Å². The number of hydrogen-bond acceptors (Lipinski definition) is 3. The van der Waals surface area contributed by atoms with Crippen molar-refractivity contribution in [3.05, 3.63) is 45.7 Å². The average molecular weight is 332 g/mol. The molecule has 4 heteroatoms. The molecule has 0 spiro atoms. The number of nitrogens with zero attached hydrogens (tertiary/aromatic N) is 2. The van der Waals surface area contributed by atoms with Gasteiger partial charge in [0.1, 0.15) is 0 Å². The molecule has 0 saturated heterocycles. The highest BCUT2D eigenvalue weighted by atomic mass is 79.9. The lowest BCUT2D eigenvalue weighted by Gasteiger charge is -2.08. The topological polar surface area (TPSA) is 37.8 Å². The Labute approximate surface area is 128 Å². The minimum absolute atomic E-state index is 0.700. The third kappa shape index (κ3) is 3.07. The van der Waals surface area contributed by atoms with Gasteiger partial charge in [0, 0.05) is 28.8 Å². The summed E-state index contributed by atoms with van der Waals surface area (Å²) in [4.78, 5) is 9.08. The fourth-order valence-electron chi connectivity index (χ4n) is 2.24. The number of hydrogen-bond donors (Lipinski definition) is 1. The maximum Gasteiger partial charge on any atom is 0.159 e. The first-order valence-electron chi connectivity index (χ1n) is 6.96. The Balaban J connectivity index is 1.87. The molecule has 0 atom stereocenters. The van der Waals surface area contributed by atoms with Gasteiger partial charge >= 0.3 is 0 Å². The van der Waals surface area contributed by atoms with Gasteiger partial charge < -0.3 is 5.32 Å². The zero-order valence-electron chi connectivity index (χ0n) is 11.8. The molecule has 3 rings (SSSR count). The lowest BCUT2D eigenvalue weighted by Crippen LogP contribution is -2.16. The van der Waals surface area contributed by atoms with Gasteiger partial charge in [-0.25, -0.2) is 9.97 Å². The molecule has 104 valence electrons. The summed E-state index contributed by atoms with van der Waals surface area (Å²) in [7, 11) is 0. The predicted octanol–water partition coefficient (Wildman–Crippen LogP) is 3.77. The molecule has 1 fully saturated rings. The third-order valence-corrected chi connectivity index (χ3v) is 4.81. The molecular weight excluding hydrogens is 314 g/mol. The van der Waals surface area contributed by atoms with Crippen LogP contribution in [0.2, 0.25) is 0 Å². The highest BCUT2D eigenvalue weighted by Gasteiger charge is 2.20. The second-order valence-electron chi connectivity index (χ2n) is 5.45. The first-order valence-corrected chi connectivity index (χ1v) is 7.75. The summed E-state index contributed by atoms with van der Waals surface area (Å²) in [5.74, 6) is 0.804. The first-order chi connectivity index (χ1) is 9.63. The van der Waals surface area contributed by atoms with E-state index in [9.17, 15) is 0 Å². The van der Waals surface area contributed by atoms with Gasteiger partial charge in [0.25, 0.3) is 0 Å². The van der Waals surface area contributed by atoms with E-state index in [2.05, 4.69) is 57.2 Å². The Morgan fingerprint density at radius 1 is 1.25 bits per heavy atom. The molecule has 3 nitrogen and oxygen atoms in total. The van der Waals surface area contributed by atoms with Crippen LogP contribution < -0.4 is 5.32 Å². The third-order valence-electron chi connectivity index (χ3n) is 3.56. The van der Waals surface area contributed by atoms with E-state index in [1.807, 2.05) is 12.3 Å². The Morgan fingerprint density at radius 2 is 1.95 bits per heavy atom. The molecule has 0 radical (unpaired) electrons. The van der Waals surface area contributed by atoms with Crippen molar-refractivity contribution in [1.29, 1.82) is 0 Å². The monoisotopic (exact) mass is 331 g/mol. The average Bonchev–Trinajstić information content (AvgIpc) is 3.26. The Bertz CT molecular complexity index is 612. The van der Waals surface area contributed by atoms with Crippen LogP contribution in [0.1, 0.15) is 29.7 Å². The first kappa shape index (κ1) is 13.7. The Hall–Kier alpha value is -1.26. The van der Waals surface area contributed by atoms with Crippen LogP contribution in [0.15, 0.2) is 28.9 Å². The summed E-state index contributed by atoms with van der Waals surface area (Å²) in [6.07, 6.45) is 4.44. The minimum atomic E-state index is 0.700. The van der Waals surface area contributed by atoms with E-state index >= 15 is 0 Å². The molecular formula is C16H18BrN3.